The fourth-order valence-corrected chi connectivity index (χ4v) is 4.12. The summed E-state index contributed by atoms with van der Waals surface area (Å²) in [6.07, 6.45) is -0.356. The zero-order valence-electron chi connectivity index (χ0n) is 14.7. The molecule has 2 aliphatic rings. The number of carbonyl (C=O) groups is 4. The van der Waals surface area contributed by atoms with Crippen LogP contribution in [0.5, 0.6) is 0 Å². The minimum Gasteiger partial charge on any atom is -0.284 e. The molecule has 2 aliphatic heterocycles. The minimum absolute atomic E-state index is 0.129. The Balaban J connectivity index is 1.87. The SMILES string of the molecule is CN1C(=O)CC2(C1=O)C(=O)N(Cc1ccc(Br)cc1F)C(=O)c1ccccc12. The molecule has 28 heavy (non-hydrogen) atoms. The lowest BCUT2D eigenvalue weighted by atomic mass is 9.72. The monoisotopic (exact) mass is 444 g/mol. The third-order valence-corrected chi connectivity index (χ3v) is 5.77. The van der Waals surface area contributed by atoms with E-state index >= 15 is 0 Å². The molecular formula is C20H14BrFN2O4. The molecule has 0 N–H and O–H groups in total. The summed E-state index contributed by atoms with van der Waals surface area (Å²) in [7, 11) is 1.31. The van der Waals surface area contributed by atoms with Crippen LogP contribution in [-0.4, -0.2) is 40.5 Å². The van der Waals surface area contributed by atoms with Crippen molar-refractivity contribution >= 4 is 39.6 Å². The van der Waals surface area contributed by atoms with E-state index in [1.807, 2.05) is 0 Å². The maximum absolute atomic E-state index is 14.3. The first-order valence-corrected chi connectivity index (χ1v) is 9.27. The highest BCUT2D eigenvalue weighted by atomic mass is 79.9. The summed E-state index contributed by atoms with van der Waals surface area (Å²) in [6.45, 7) is -0.335. The van der Waals surface area contributed by atoms with E-state index in [-0.39, 0.29) is 29.7 Å². The Hall–Kier alpha value is -2.87. The largest absolute Gasteiger partial charge is 0.284 e. The van der Waals surface area contributed by atoms with Crippen LogP contribution in [-0.2, 0) is 26.3 Å². The molecule has 0 radical (unpaired) electrons. The number of imide groups is 2. The first-order chi connectivity index (χ1) is 13.3. The van der Waals surface area contributed by atoms with Gasteiger partial charge in [0.1, 0.15) is 5.82 Å². The Kier molecular flexibility index (Phi) is 4.19. The van der Waals surface area contributed by atoms with Crippen LogP contribution in [0.15, 0.2) is 46.9 Å². The van der Waals surface area contributed by atoms with Crippen LogP contribution in [0.25, 0.3) is 0 Å². The van der Waals surface area contributed by atoms with Crippen molar-refractivity contribution in [2.75, 3.05) is 7.05 Å². The van der Waals surface area contributed by atoms with E-state index in [1.165, 1.54) is 31.3 Å². The van der Waals surface area contributed by atoms with Crippen LogP contribution >= 0.6 is 15.9 Å². The fourth-order valence-electron chi connectivity index (χ4n) is 3.79. The summed E-state index contributed by atoms with van der Waals surface area (Å²) in [4.78, 5) is 53.3. The molecule has 0 aliphatic carbocycles. The van der Waals surface area contributed by atoms with Gasteiger partial charge >= 0.3 is 0 Å². The van der Waals surface area contributed by atoms with Gasteiger partial charge in [-0.2, -0.15) is 0 Å². The number of carbonyl (C=O) groups excluding carboxylic acids is 4. The number of hydrogen-bond donors (Lipinski definition) is 0. The summed E-state index contributed by atoms with van der Waals surface area (Å²) in [5, 5.41) is 0. The van der Waals surface area contributed by atoms with Gasteiger partial charge in [0.15, 0.2) is 5.41 Å². The Morgan fingerprint density at radius 3 is 2.43 bits per heavy atom. The number of nitrogens with zero attached hydrogens (tertiary/aromatic N) is 2. The first-order valence-electron chi connectivity index (χ1n) is 8.48. The molecule has 0 aromatic heterocycles. The highest BCUT2D eigenvalue weighted by Gasteiger charge is 2.62. The Morgan fingerprint density at radius 2 is 1.79 bits per heavy atom. The van der Waals surface area contributed by atoms with Crippen molar-refractivity contribution in [2.45, 2.75) is 18.4 Å². The van der Waals surface area contributed by atoms with Crippen LogP contribution in [0.2, 0.25) is 0 Å². The van der Waals surface area contributed by atoms with E-state index in [0.29, 0.717) is 4.47 Å². The topological polar surface area (TPSA) is 74.8 Å². The van der Waals surface area contributed by atoms with Gasteiger partial charge in [-0.1, -0.05) is 40.2 Å². The number of hydrogen-bond acceptors (Lipinski definition) is 4. The maximum Gasteiger partial charge on any atom is 0.261 e. The number of amides is 4. The molecule has 6 nitrogen and oxygen atoms in total. The normalized spacial score (nSPS) is 21.7. The number of fused-ring (bicyclic) bond motifs is 2. The third-order valence-electron chi connectivity index (χ3n) is 5.28. The number of halogens is 2. The van der Waals surface area contributed by atoms with Crippen molar-refractivity contribution in [2.24, 2.45) is 0 Å². The highest BCUT2D eigenvalue weighted by molar-refractivity contribution is 9.10. The second-order valence-corrected chi connectivity index (χ2v) is 7.73. The third kappa shape index (κ3) is 2.44. The van der Waals surface area contributed by atoms with Crippen molar-refractivity contribution in [3.05, 3.63) is 69.4 Å². The number of likely N-dealkylation sites (N-methyl/N-ethyl adjacent to an activating group) is 1. The molecule has 1 saturated heterocycles. The quantitative estimate of drug-likeness (QED) is 0.526. The Morgan fingerprint density at radius 1 is 1.07 bits per heavy atom. The first kappa shape index (κ1) is 18.5. The molecule has 8 heteroatoms. The van der Waals surface area contributed by atoms with Crippen molar-refractivity contribution in [3.63, 3.8) is 0 Å². The second-order valence-electron chi connectivity index (χ2n) is 6.82. The average molecular weight is 445 g/mol. The highest BCUT2D eigenvalue weighted by Crippen LogP contribution is 2.43. The van der Waals surface area contributed by atoms with Crippen molar-refractivity contribution < 1.29 is 23.6 Å². The molecule has 2 aromatic carbocycles. The Labute approximate surface area is 168 Å². The van der Waals surface area contributed by atoms with Crippen LogP contribution in [0.1, 0.15) is 27.9 Å². The lowest BCUT2D eigenvalue weighted by Crippen LogP contribution is -2.57. The lowest BCUT2D eigenvalue weighted by Gasteiger charge is -2.37. The van der Waals surface area contributed by atoms with Gasteiger partial charge in [0.25, 0.3) is 11.8 Å². The standard InChI is InChI=1S/C20H14BrFN2O4/c1-23-16(25)9-20(18(23)27)14-5-3-2-4-13(14)17(26)24(19(20)28)10-11-6-7-12(21)8-15(11)22/h2-8H,9-10H2,1H3. The molecule has 1 spiro atoms. The van der Waals surface area contributed by atoms with Crippen molar-refractivity contribution in [3.8, 4) is 0 Å². The molecule has 4 amide bonds. The molecule has 2 heterocycles. The summed E-state index contributed by atoms with van der Waals surface area (Å²) < 4.78 is 14.8. The summed E-state index contributed by atoms with van der Waals surface area (Å²) in [5.41, 5.74) is -1.27. The number of rotatable bonds is 2. The lowest BCUT2D eigenvalue weighted by molar-refractivity contribution is -0.145. The van der Waals surface area contributed by atoms with Gasteiger partial charge in [0, 0.05) is 22.6 Å². The van der Waals surface area contributed by atoms with E-state index in [9.17, 15) is 23.6 Å². The van der Waals surface area contributed by atoms with Crippen LogP contribution in [0, 0.1) is 5.82 Å². The van der Waals surface area contributed by atoms with Crippen molar-refractivity contribution in [1.82, 2.24) is 9.80 Å². The van der Waals surface area contributed by atoms with Crippen molar-refractivity contribution in [1.29, 1.82) is 0 Å². The number of likely N-dealkylation sites (tertiary alicyclic amines) is 1. The van der Waals surface area contributed by atoms with E-state index < -0.39 is 34.9 Å². The zero-order valence-corrected chi connectivity index (χ0v) is 16.3. The van der Waals surface area contributed by atoms with Crippen LogP contribution < -0.4 is 0 Å². The molecule has 1 fully saturated rings. The maximum atomic E-state index is 14.3. The average Bonchev–Trinajstić information content (AvgIpc) is 2.90. The van der Waals surface area contributed by atoms with Crippen LogP contribution in [0.4, 0.5) is 4.39 Å². The van der Waals surface area contributed by atoms with Gasteiger partial charge in [0.05, 0.1) is 13.0 Å². The molecule has 4 rings (SSSR count). The predicted molar refractivity (Wildman–Crippen MR) is 99.5 cm³/mol. The van der Waals surface area contributed by atoms with E-state index in [2.05, 4.69) is 15.9 Å². The van der Waals surface area contributed by atoms with E-state index in [1.54, 1.807) is 18.2 Å². The van der Waals surface area contributed by atoms with Gasteiger partial charge in [0.2, 0.25) is 11.8 Å². The minimum atomic E-state index is -1.79. The van der Waals surface area contributed by atoms with Crippen LogP contribution in [0.3, 0.4) is 0 Å². The summed E-state index contributed by atoms with van der Waals surface area (Å²) in [6, 6.07) is 10.5. The van der Waals surface area contributed by atoms with E-state index in [4.69, 9.17) is 0 Å². The molecule has 1 unspecified atom stereocenters. The molecule has 0 saturated carbocycles. The van der Waals surface area contributed by atoms with Gasteiger partial charge in [-0.15, -0.1) is 0 Å². The molecule has 0 bridgehead atoms. The fraction of sp³-hybridized carbons (Fsp3) is 0.200. The molecular weight excluding hydrogens is 431 g/mol. The van der Waals surface area contributed by atoms with Gasteiger partial charge in [-0.25, -0.2) is 4.39 Å². The molecule has 142 valence electrons. The predicted octanol–water partition coefficient (Wildman–Crippen LogP) is 2.40. The smallest absolute Gasteiger partial charge is 0.261 e. The molecule has 1 atom stereocenters. The van der Waals surface area contributed by atoms with Gasteiger partial charge < -0.3 is 0 Å². The zero-order chi connectivity index (χ0) is 20.2. The van der Waals surface area contributed by atoms with Gasteiger partial charge in [-0.3, -0.25) is 29.0 Å². The Bertz CT molecular complexity index is 1070. The van der Waals surface area contributed by atoms with Gasteiger partial charge in [-0.05, 0) is 23.8 Å². The van der Waals surface area contributed by atoms with E-state index in [0.717, 1.165) is 9.80 Å². The second kappa shape index (κ2) is 6.34. The number of benzene rings is 2. The summed E-state index contributed by atoms with van der Waals surface area (Å²) in [5.74, 6) is -3.20. The molecule has 2 aromatic rings. The summed E-state index contributed by atoms with van der Waals surface area (Å²) >= 11 is 3.16.